The summed E-state index contributed by atoms with van der Waals surface area (Å²) in [7, 11) is 1.40. The van der Waals surface area contributed by atoms with Crippen LogP contribution in [-0.4, -0.2) is 42.9 Å². The number of nitrogens with zero attached hydrogens (tertiary/aromatic N) is 1. The molecule has 0 unspecified atom stereocenters. The number of rotatable bonds is 6. The van der Waals surface area contributed by atoms with Gasteiger partial charge in [-0.25, -0.2) is 9.18 Å². The smallest absolute Gasteiger partial charge is 0.339 e. The van der Waals surface area contributed by atoms with Crippen LogP contribution in [0.3, 0.4) is 0 Å². The molecule has 0 bridgehead atoms. The maximum atomic E-state index is 13.0. The lowest BCUT2D eigenvalue weighted by molar-refractivity contribution is -0.136. The Labute approximate surface area is 168 Å². The molecule has 9 heteroatoms. The fraction of sp³-hybridized carbons (Fsp3) is 0.167. The number of carbonyl (C=O) groups is 3. The van der Waals surface area contributed by atoms with Gasteiger partial charge in [-0.15, -0.1) is 0 Å². The molecule has 142 valence electrons. The summed E-state index contributed by atoms with van der Waals surface area (Å²) in [6.07, 6.45) is 0. The molecule has 0 aliphatic heterocycles. The van der Waals surface area contributed by atoms with Crippen LogP contribution in [0.1, 0.15) is 10.4 Å². The molecule has 2 amide bonds. The predicted molar refractivity (Wildman–Crippen MR) is 102 cm³/mol. The average molecular weight is 458 g/mol. The Bertz CT molecular complexity index is 878. The van der Waals surface area contributed by atoms with Crippen molar-refractivity contribution in [1.29, 1.82) is 0 Å². The van der Waals surface area contributed by atoms with E-state index in [0.29, 0.717) is 10.7 Å². The monoisotopic (exact) mass is 456 g/mol. The second kappa shape index (κ2) is 9.48. The quantitative estimate of drug-likeness (QED) is 0.674. The molecule has 27 heavy (non-hydrogen) atoms. The minimum Gasteiger partial charge on any atom is -0.452 e. The first-order chi connectivity index (χ1) is 12.8. The molecular weight excluding hydrogens is 443 g/mol. The van der Waals surface area contributed by atoms with E-state index in [9.17, 15) is 18.8 Å². The van der Waals surface area contributed by atoms with E-state index in [1.165, 1.54) is 13.1 Å². The van der Waals surface area contributed by atoms with E-state index < -0.39 is 30.2 Å². The second-order valence-corrected chi connectivity index (χ2v) is 6.74. The molecule has 0 saturated carbocycles. The number of anilines is 1. The molecule has 1 N–H and O–H groups in total. The molecule has 0 radical (unpaired) electrons. The van der Waals surface area contributed by atoms with Crippen molar-refractivity contribution in [1.82, 2.24) is 4.90 Å². The number of carbonyl (C=O) groups excluding carboxylic acids is 3. The van der Waals surface area contributed by atoms with Crippen molar-refractivity contribution in [3.63, 3.8) is 0 Å². The second-order valence-electron chi connectivity index (χ2n) is 5.48. The highest BCUT2D eigenvalue weighted by molar-refractivity contribution is 9.10. The standard InChI is InChI=1S/C18H15BrClFN2O4/c1-23(9-16(24)22-15-5-3-2-4-14(15)20)17(25)10-27-18(26)12-7-6-11(21)8-13(12)19/h2-8H,9-10H2,1H3,(H,22,24). The third kappa shape index (κ3) is 6.04. The van der Waals surface area contributed by atoms with Crippen LogP contribution in [0.25, 0.3) is 0 Å². The van der Waals surface area contributed by atoms with Crippen molar-refractivity contribution < 1.29 is 23.5 Å². The zero-order valence-electron chi connectivity index (χ0n) is 14.2. The Balaban J connectivity index is 1.85. The number of halogens is 3. The summed E-state index contributed by atoms with van der Waals surface area (Å²) in [5.41, 5.74) is 0.515. The highest BCUT2D eigenvalue weighted by atomic mass is 79.9. The van der Waals surface area contributed by atoms with Crippen LogP contribution in [0.4, 0.5) is 10.1 Å². The van der Waals surface area contributed by atoms with Gasteiger partial charge in [-0.3, -0.25) is 9.59 Å². The Morgan fingerprint density at radius 3 is 2.59 bits per heavy atom. The number of nitrogens with one attached hydrogen (secondary N) is 1. The van der Waals surface area contributed by atoms with Crippen LogP contribution in [0, 0.1) is 5.82 Å². The highest BCUT2D eigenvalue weighted by Gasteiger charge is 2.18. The number of likely N-dealkylation sites (N-methyl/N-ethyl adjacent to an activating group) is 1. The minimum absolute atomic E-state index is 0.0864. The van der Waals surface area contributed by atoms with Crippen LogP contribution < -0.4 is 5.32 Å². The number of benzene rings is 2. The van der Waals surface area contributed by atoms with Crippen molar-refractivity contribution in [2.45, 2.75) is 0 Å². The maximum absolute atomic E-state index is 13.0. The lowest BCUT2D eigenvalue weighted by Gasteiger charge is -2.17. The van der Waals surface area contributed by atoms with E-state index in [4.69, 9.17) is 16.3 Å². The Morgan fingerprint density at radius 1 is 1.22 bits per heavy atom. The van der Waals surface area contributed by atoms with Crippen LogP contribution in [0.2, 0.25) is 5.02 Å². The summed E-state index contributed by atoms with van der Waals surface area (Å²) in [4.78, 5) is 37.1. The van der Waals surface area contributed by atoms with Crippen molar-refractivity contribution in [2.24, 2.45) is 0 Å². The average Bonchev–Trinajstić information content (AvgIpc) is 2.61. The lowest BCUT2D eigenvalue weighted by Crippen LogP contribution is -2.37. The van der Waals surface area contributed by atoms with E-state index in [2.05, 4.69) is 21.2 Å². The Hall–Kier alpha value is -2.45. The largest absolute Gasteiger partial charge is 0.452 e. The first kappa shape index (κ1) is 20.9. The third-order valence-corrected chi connectivity index (χ3v) is 4.42. The predicted octanol–water partition coefficient (Wildman–Crippen LogP) is 3.50. The molecule has 2 aromatic rings. The van der Waals surface area contributed by atoms with Gasteiger partial charge in [0.2, 0.25) is 5.91 Å². The van der Waals surface area contributed by atoms with Crippen molar-refractivity contribution in [3.8, 4) is 0 Å². The first-order valence-electron chi connectivity index (χ1n) is 7.68. The van der Waals surface area contributed by atoms with E-state index in [-0.39, 0.29) is 16.6 Å². The summed E-state index contributed by atoms with van der Waals surface area (Å²) < 4.78 is 18.2. The normalized spacial score (nSPS) is 10.2. The molecule has 0 atom stereocenters. The van der Waals surface area contributed by atoms with Gasteiger partial charge in [0.1, 0.15) is 5.82 Å². The van der Waals surface area contributed by atoms with Crippen molar-refractivity contribution >= 4 is 51.0 Å². The highest BCUT2D eigenvalue weighted by Crippen LogP contribution is 2.20. The van der Waals surface area contributed by atoms with Gasteiger partial charge in [-0.2, -0.15) is 0 Å². The first-order valence-corrected chi connectivity index (χ1v) is 8.85. The number of hydrogen-bond acceptors (Lipinski definition) is 4. The van der Waals surface area contributed by atoms with Gasteiger partial charge < -0.3 is 15.0 Å². The maximum Gasteiger partial charge on any atom is 0.339 e. The lowest BCUT2D eigenvalue weighted by atomic mass is 10.2. The van der Waals surface area contributed by atoms with Crippen LogP contribution in [-0.2, 0) is 14.3 Å². The van der Waals surface area contributed by atoms with Crippen molar-refractivity contribution in [3.05, 3.63) is 63.3 Å². The molecule has 6 nitrogen and oxygen atoms in total. The molecule has 0 fully saturated rings. The molecule has 0 aliphatic rings. The molecule has 2 aromatic carbocycles. The van der Waals surface area contributed by atoms with E-state index in [1.807, 2.05) is 0 Å². The molecule has 2 rings (SSSR count). The SMILES string of the molecule is CN(CC(=O)Nc1ccccc1Cl)C(=O)COC(=O)c1ccc(F)cc1Br. The van der Waals surface area contributed by atoms with Gasteiger partial charge >= 0.3 is 5.97 Å². The van der Waals surface area contributed by atoms with Gasteiger partial charge in [0.05, 0.1) is 22.8 Å². The van der Waals surface area contributed by atoms with Gasteiger partial charge in [0, 0.05) is 11.5 Å². The minimum atomic E-state index is -0.788. The summed E-state index contributed by atoms with van der Waals surface area (Å²) >= 11 is 9.01. The van der Waals surface area contributed by atoms with Gasteiger partial charge in [-0.1, -0.05) is 23.7 Å². The van der Waals surface area contributed by atoms with Crippen LogP contribution in [0.15, 0.2) is 46.9 Å². The molecule has 0 aromatic heterocycles. The number of ether oxygens (including phenoxy) is 1. The number of esters is 1. The number of para-hydroxylation sites is 1. The Kier molecular flexibility index (Phi) is 7.32. The fourth-order valence-corrected chi connectivity index (χ4v) is 2.72. The molecule has 0 aliphatic carbocycles. The molecule has 0 heterocycles. The van der Waals surface area contributed by atoms with E-state index in [1.54, 1.807) is 24.3 Å². The molecule has 0 spiro atoms. The summed E-state index contributed by atoms with van der Waals surface area (Å²) in [6, 6.07) is 10.2. The van der Waals surface area contributed by atoms with Crippen molar-refractivity contribution in [2.75, 3.05) is 25.5 Å². The molecule has 0 saturated heterocycles. The Morgan fingerprint density at radius 2 is 1.93 bits per heavy atom. The number of amides is 2. The summed E-state index contributed by atoms with van der Waals surface area (Å²) in [5.74, 6) is -2.33. The van der Waals surface area contributed by atoms with E-state index in [0.717, 1.165) is 17.0 Å². The van der Waals surface area contributed by atoms with Gasteiger partial charge in [0.25, 0.3) is 5.91 Å². The summed E-state index contributed by atoms with van der Waals surface area (Å²) in [6.45, 7) is -0.805. The zero-order chi connectivity index (χ0) is 20.0. The third-order valence-electron chi connectivity index (χ3n) is 3.43. The topological polar surface area (TPSA) is 75.7 Å². The zero-order valence-corrected chi connectivity index (χ0v) is 16.5. The van der Waals surface area contributed by atoms with Crippen LogP contribution in [0.5, 0.6) is 0 Å². The summed E-state index contributed by atoms with van der Waals surface area (Å²) in [5, 5.41) is 2.96. The number of hydrogen-bond donors (Lipinski definition) is 1. The van der Waals surface area contributed by atoms with Gasteiger partial charge in [0.15, 0.2) is 6.61 Å². The van der Waals surface area contributed by atoms with Crippen LogP contribution >= 0.6 is 27.5 Å². The molecular formula is C18H15BrClFN2O4. The fourth-order valence-electron chi connectivity index (χ4n) is 2.03. The van der Waals surface area contributed by atoms with E-state index >= 15 is 0 Å². The van der Waals surface area contributed by atoms with Gasteiger partial charge in [-0.05, 0) is 46.3 Å².